The zero-order valence-corrected chi connectivity index (χ0v) is 12.3. The van der Waals surface area contributed by atoms with Crippen LogP contribution in [0.2, 0.25) is 0 Å². The molecule has 0 radical (unpaired) electrons. The van der Waals surface area contributed by atoms with Crippen molar-refractivity contribution in [2.75, 3.05) is 0 Å². The summed E-state index contributed by atoms with van der Waals surface area (Å²) in [5.41, 5.74) is 1.34. The molecular formula is C16H22N2S. The van der Waals surface area contributed by atoms with E-state index in [0.717, 1.165) is 17.6 Å². The molecule has 0 bridgehead atoms. The Bertz CT molecular complexity index is 437. The van der Waals surface area contributed by atoms with E-state index in [1.165, 1.54) is 31.2 Å². The highest BCUT2D eigenvalue weighted by molar-refractivity contribution is 7.80. The number of nitrogens with one attached hydrogen (secondary N) is 1. The highest BCUT2D eigenvalue weighted by atomic mass is 32.1. The molecule has 2 saturated carbocycles. The minimum absolute atomic E-state index is 0.555. The van der Waals surface area contributed by atoms with E-state index in [-0.39, 0.29) is 0 Å². The average molecular weight is 274 g/mol. The van der Waals surface area contributed by atoms with Crippen molar-refractivity contribution in [2.45, 2.75) is 51.2 Å². The minimum Gasteiger partial charge on any atom is -0.360 e. The monoisotopic (exact) mass is 274 g/mol. The van der Waals surface area contributed by atoms with Crippen LogP contribution < -0.4 is 5.32 Å². The van der Waals surface area contributed by atoms with Crippen molar-refractivity contribution >= 4 is 17.3 Å². The second-order valence-corrected chi connectivity index (χ2v) is 6.30. The van der Waals surface area contributed by atoms with Crippen molar-refractivity contribution in [3.05, 3.63) is 35.9 Å². The van der Waals surface area contributed by atoms with Gasteiger partial charge in [0.1, 0.15) is 0 Å². The lowest BCUT2D eigenvalue weighted by atomic mass is 10.1. The largest absolute Gasteiger partial charge is 0.360 e. The molecule has 1 N–H and O–H groups in total. The molecule has 0 unspecified atom stereocenters. The molecule has 0 amide bonds. The lowest BCUT2D eigenvalue weighted by molar-refractivity contribution is 0.289. The molecule has 0 aromatic heterocycles. The summed E-state index contributed by atoms with van der Waals surface area (Å²) >= 11 is 5.63. The maximum Gasteiger partial charge on any atom is 0.169 e. The standard InChI is InChI=1S/C16H22N2S/c1-12(14-7-8-14)18(16(19)17-15-9-10-15)11-13-5-3-2-4-6-13/h2-6,12,14-15H,7-11H2,1H3,(H,17,19)/t12-/m0/s1. The molecule has 1 atom stereocenters. The van der Waals surface area contributed by atoms with Crippen LogP contribution in [-0.4, -0.2) is 22.1 Å². The summed E-state index contributed by atoms with van der Waals surface area (Å²) in [6.45, 7) is 3.25. The van der Waals surface area contributed by atoms with Gasteiger partial charge in [-0.1, -0.05) is 30.3 Å². The van der Waals surface area contributed by atoms with Gasteiger partial charge >= 0.3 is 0 Å². The van der Waals surface area contributed by atoms with Crippen LogP contribution in [0.4, 0.5) is 0 Å². The van der Waals surface area contributed by atoms with Gasteiger partial charge in [-0.25, -0.2) is 0 Å². The van der Waals surface area contributed by atoms with Gasteiger partial charge in [0.05, 0.1) is 0 Å². The Balaban J connectivity index is 1.69. The number of hydrogen-bond donors (Lipinski definition) is 1. The first-order valence-corrected chi connectivity index (χ1v) is 7.76. The lowest BCUT2D eigenvalue weighted by Gasteiger charge is -2.32. The van der Waals surface area contributed by atoms with E-state index in [2.05, 4.69) is 47.5 Å². The Morgan fingerprint density at radius 2 is 1.95 bits per heavy atom. The molecule has 2 aliphatic rings. The molecule has 0 heterocycles. The van der Waals surface area contributed by atoms with Gasteiger partial charge in [-0.3, -0.25) is 0 Å². The second-order valence-electron chi connectivity index (χ2n) is 5.92. The van der Waals surface area contributed by atoms with E-state index in [0.29, 0.717) is 12.1 Å². The first kappa shape index (κ1) is 12.9. The fourth-order valence-corrected chi connectivity index (χ4v) is 2.90. The molecule has 2 aliphatic carbocycles. The summed E-state index contributed by atoms with van der Waals surface area (Å²) in [5, 5.41) is 4.44. The van der Waals surface area contributed by atoms with Gasteiger partial charge in [-0.05, 0) is 56.3 Å². The van der Waals surface area contributed by atoms with Crippen molar-refractivity contribution in [2.24, 2.45) is 5.92 Å². The van der Waals surface area contributed by atoms with Gasteiger partial charge in [-0.15, -0.1) is 0 Å². The van der Waals surface area contributed by atoms with Crippen LogP contribution in [0.3, 0.4) is 0 Å². The maximum absolute atomic E-state index is 5.63. The van der Waals surface area contributed by atoms with E-state index in [9.17, 15) is 0 Å². The van der Waals surface area contributed by atoms with E-state index in [4.69, 9.17) is 12.2 Å². The third kappa shape index (κ3) is 3.47. The molecule has 2 fully saturated rings. The molecule has 1 aromatic carbocycles. The van der Waals surface area contributed by atoms with Crippen LogP contribution >= 0.6 is 12.2 Å². The number of hydrogen-bond acceptors (Lipinski definition) is 1. The summed E-state index contributed by atoms with van der Waals surface area (Å²) in [6, 6.07) is 11.8. The molecular weight excluding hydrogens is 252 g/mol. The summed E-state index contributed by atoms with van der Waals surface area (Å²) < 4.78 is 0. The van der Waals surface area contributed by atoms with Gasteiger partial charge in [0, 0.05) is 18.6 Å². The van der Waals surface area contributed by atoms with Crippen LogP contribution in [0, 0.1) is 5.92 Å². The van der Waals surface area contributed by atoms with Crippen LogP contribution in [0.15, 0.2) is 30.3 Å². The number of nitrogens with zero attached hydrogens (tertiary/aromatic N) is 1. The number of thiocarbonyl (C=S) groups is 1. The SMILES string of the molecule is C[C@@H](C1CC1)N(Cc1ccccc1)C(=S)NC1CC1. The Kier molecular flexibility index (Phi) is 3.74. The van der Waals surface area contributed by atoms with Crippen molar-refractivity contribution in [3.8, 4) is 0 Å². The van der Waals surface area contributed by atoms with E-state index in [1.54, 1.807) is 0 Å². The molecule has 3 heteroatoms. The number of benzene rings is 1. The van der Waals surface area contributed by atoms with Crippen LogP contribution in [0.5, 0.6) is 0 Å². The van der Waals surface area contributed by atoms with Crippen LogP contribution in [0.25, 0.3) is 0 Å². The predicted octanol–water partition coefficient (Wildman–Crippen LogP) is 3.32. The van der Waals surface area contributed by atoms with Crippen LogP contribution in [-0.2, 0) is 6.54 Å². The molecule has 102 valence electrons. The predicted molar refractivity (Wildman–Crippen MR) is 82.9 cm³/mol. The van der Waals surface area contributed by atoms with Crippen molar-refractivity contribution in [3.63, 3.8) is 0 Å². The first-order chi connectivity index (χ1) is 9.24. The van der Waals surface area contributed by atoms with Gasteiger partial charge in [0.25, 0.3) is 0 Å². The third-order valence-electron chi connectivity index (χ3n) is 4.16. The maximum atomic E-state index is 5.63. The van der Waals surface area contributed by atoms with E-state index >= 15 is 0 Å². The average Bonchev–Trinajstić information content (AvgIpc) is 3.27. The van der Waals surface area contributed by atoms with Crippen molar-refractivity contribution < 1.29 is 0 Å². The van der Waals surface area contributed by atoms with Gasteiger partial charge < -0.3 is 10.2 Å². The molecule has 0 aliphatic heterocycles. The lowest BCUT2D eigenvalue weighted by Crippen LogP contribution is -2.46. The number of rotatable bonds is 5. The Labute approximate surface area is 121 Å². The van der Waals surface area contributed by atoms with Gasteiger partial charge in [-0.2, -0.15) is 0 Å². The Morgan fingerprint density at radius 3 is 2.53 bits per heavy atom. The summed E-state index contributed by atoms with van der Waals surface area (Å²) in [5.74, 6) is 0.836. The zero-order valence-electron chi connectivity index (χ0n) is 11.5. The molecule has 2 nitrogen and oxygen atoms in total. The van der Waals surface area contributed by atoms with Gasteiger partial charge in [0.15, 0.2) is 5.11 Å². The molecule has 19 heavy (non-hydrogen) atoms. The normalized spacial score (nSPS) is 19.8. The van der Waals surface area contributed by atoms with E-state index < -0.39 is 0 Å². The molecule has 0 spiro atoms. The third-order valence-corrected chi connectivity index (χ3v) is 4.51. The zero-order chi connectivity index (χ0) is 13.2. The quantitative estimate of drug-likeness (QED) is 0.829. The Morgan fingerprint density at radius 1 is 1.26 bits per heavy atom. The minimum atomic E-state index is 0.555. The summed E-state index contributed by atoms with van der Waals surface area (Å²) in [4.78, 5) is 2.39. The highest BCUT2D eigenvalue weighted by Gasteiger charge is 2.34. The first-order valence-electron chi connectivity index (χ1n) is 7.35. The fourth-order valence-electron chi connectivity index (χ4n) is 2.50. The smallest absolute Gasteiger partial charge is 0.169 e. The highest BCUT2D eigenvalue weighted by Crippen LogP contribution is 2.36. The van der Waals surface area contributed by atoms with Crippen molar-refractivity contribution in [1.82, 2.24) is 10.2 Å². The summed E-state index contributed by atoms with van der Waals surface area (Å²) in [7, 11) is 0. The topological polar surface area (TPSA) is 15.3 Å². The molecule has 3 rings (SSSR count). The van der Waals surface area contributed by atoms with Crippen molar-refractivity contribution in [1.29, 1.82) is 0 Å². The van der Waals surface area contributed by atoms with E-state index in [1.807, 2.05) is 0 Å². The molecule has 1 aromatic rings. The second kappa shape index (κ2) is 5.49. The fraction of sp³-hybridized carbons (Fsp3) is 0.562. The van der Waals surface area contributed by atoms with Crippen LogP contribution in [0.1, 0.15) is 38.2 Å². The Hall–Kier alpha value is -1.09. The van der Waals surface area contributed by atoms with Gasteiger partial charge in [0.2, 0.25) is 0 Å². The summed E-state index contributed by atoms with van der Waals surface area (Å²) in [6.07, 6.45) is 5.27. The molecule has 0 saturated heterocycles.